The van der Waals surface area contributed by atoms with Gasteiger partial charge in [0.25, 0.3) is 0 Å². The van der Waals surface area contributed by atoms with Gasteiger partial charge in [-0.2, -0.15) is 0 Å². The van der Waals surface area contributed by atoms with Gasteiger partial charge >= 0.3 is 0 Å². The minimum atomic E-state index is -0.641. The lowest BCUT2D eigenvalue weighted by Crippen LogP contribution is -2.40. The first-order valence-electron chi connectivity index (χ1n) is 9.87. The van der Waals surface area contributed by atoms with E-state index in [2.05, 4.69) is 20.8 Å². The van der Waals surface area contributed by atoms with Gasteiger partial charge in [0.2, 0.25) is 0 Å². The second kappa shape index (κ2) is 8.41. The Labute approximate surface area is 182 Å². The summed E-state index contributed by atoms with van der Waals surface area (Å²) in [6.45, 7) is 3.29. The number of benzene rings is 2. The van der Waals surface area contributed by atoms with Crippen molar-refractivity contribution in [1.29, 1.82) is 0 Å². The first-order chi connectivity index (χ1) is 14.3. The van der Waals surface area contributed by atoms with Crippen molar-refractivity contribution in [2.45, 2.75) is 32.0 Å². The van der Waals surface area contributed by atoms with Gasteiger partial charge in [0.15, 0.2) is 5.43 Å². The van der Waals surface area contributed by atoms with E-state index in [4.69, 9.17) is 9.15 Å². The number of aromatic hydroxyl groups is 1. The number of rotatable bonds is 4. The molecule has 1 fully saturated rings. The Morgan fingerprint density at radius 3 is 2.70 bits per heavy atom. The minimum absolute atomic E-state index is 0.123. The van der Waals surface area contributed by atoms with Gasteiger partial charge in [0.05, 0.1) is 6.10 Å². The normalized spacial score (nSPS) is 19.9. The number of phenols is 1. The third kappa shape index (κ3) is 4.10. The summed E-state index contributed by atoms with van der Waals surface area (Å²) in [4.78, 5) is 14.6. The molecule has 0 spiro atoms. The van der Waals surface area contributed by atoms with Gasteiger partial charge in [-0.05, 0) is 44.6 Å². The molecule has 0 bridgehead atoms. The third-order valence-corrected chi connectivity index (χ3v) is 6.10. The van der Waals surface area contributed by atoms with Crippen molar-refractivity contribution in [3.8, 4) is 11.5 Å². The quantitative estimate of drug-likeness (QED) is 0.597. The molecule has 30 heavy (non-hydrogen) atoms. The maximum Gasteiger partial charge on any atom is 0.196 e. The highest BCUT2D eigenvalue weighted by Gasteiger charge is 2.33. The summed E-state index contributed by atoms with van der Waals surface area (Å²) in [6.07, 6.45) is 0.0430. The molecule has 2 N–H and O–H groups in total. The summed E-state index contributed by atoms with van der Waals surface area (Å²) in [6, 6.07) is 10.6. The van der Waals surface area contributed by atoms with Crippen LogP contribution in [0.4, 0.5) is 0 Å². The molecule has 0 saturated carbocycles. The van der Waals surface area contributed by atoms with Crippen LogP contribution in [0.3, 0.4) is 0 Å². The van der Waals surface area contributed by atoms with Crippen LogP contribution >= 0.6 is 15.9 Å². The van der Waals surface area contributed by atoms with E-state index >= 15 is 0 Å². The molecule has 3 aromatic rings. The molecule has 1 aliphatic rings. The fourth-order valence-corrected chi connectivity index (χ4v) is 4.33. The van der Waals surface area contributed by atoms with Crippen LogP contribution in [0.1, 0.15) is 29.2 Å². The average molecular weight is 474 g/mol. The van der Waals surface area contributed by atoms with E-state index < -0.39 is 6.10 Å². The summed E-state index contributed by atoms with van der Waals surface area (Å²) < 4.78 is 13.0. The first-order valence-corrected chi connectivity index (χ1v) is 10.7. The summed E-state index contributed by atoms with van der Waals surface area (Å²) in [5, 5.41) is 21.5. The Morgan fingerprint density at radius 2 is 2.00 bits per heavy atom. The molecule has 1 aliphatic heterocycles. The van der Waals surface area contributed by atoms with Crippen molar-refractivity contribution in [2.24, 2.45) is 0 Å². The number of aryl methyl sites for hydroxylation is 1. The lowest BCUT2D eigenvalue weighted by molar-refractivity contribution is 0.0626. The second-order valence-electron chi connectivity index (χ2n) is 7.87. The third-order valence-electron chi connectivity index (χ3n) is 5.57. The number of fused-ring (bicyclic) bond motifs is 1. The number of aliphatic hydroxyl groups excluding tert-OH is 1. The molecular weight excluding hydrogens is 450 g/mol. The van der Waals surface area contributed by atoms with Gasteiger partial charge in [-0.15, -0.1) is 0 Å². The molecule has 0 radical (unpaired) electrons. The predicted octanol–water partition coefficient (Wildman–Crippen LogP) is 3.93. The van der Waals surface area contributed by atoms with Gasteiger partial charge < -0.3 is 24.3 Å². The van der Waals surface area contributed by atoms with Crippen LogP contribution in [0, 0.1) is 6.92 Å². The summed E-state index contributed by atoms with van der Waals surface area (Å²) in [7, 11) is 1.96. The van der Waals surface area contributed by atoms with E-state index in [0.717, 1.165) is 16.6 Å². The number of likely N-dealkylation sites (tertiary alicyclic amines) is 1. The zero-order valence-corrected chi connectivity index (χ0v) is 18.5. The molecule has 158 valence electrons. The number of ether oxygens (including phenoxy) is 1. The number of piperidine rings is 1. The number of nitrogens with zero attached hydrogens (tertiary/aromatic N) is 1. The van der Waals surface area contributed by atoms with E-state index in [1.54, 1.807) is 6.92 Å². The Morgan fingerprint density at radius 1 is 1.27 bits per heavy atom. The van der Waals surface area contributed by atoms with Crippen LogP contribution in [-0.4, -0.2) is 41.4 Å². The summed E-state index contributed by atoms with van der Waals surface area (Å²) >= 11 is 3.42. The molecule has 1 saturated heterocycles. The largest absolute Gasteiger partial charge is 0.507 e. The highest BCUT2D eigenvalue weighted by atomic mass is 79.9. The maximum atomic E-state index is 12.6. The second-order valence-corrected chi connectivity index (χ2v) is 8.79. The van der Waals surface area contributed by atoms with Crippen LogP contribution in [0.15, 0.2) is 50.1 Å². The van der Waals surface area contributed by atoms with Crippen molar-refractivity contribution in [3.05, 3.63) is 68.0 Å². The highest BCUT2D eigenvalue weighted by Crippen LogP contribution is 2.42. The van der Waals surface area contributed by atoms with E-state index in [9.17, 15) is 15.0 Å². The van der Waals surface area contributed by atoms with Gasteiger partial charge in [0, 0.05) is 34.6 Å². The van der Waals surface area contributed by atoms with E-state index in [0.29, 0.717) is 35.6 Å². The van der Waals surface area contributed by atoms with Crippen LogP contribution in [0.2, 0.25) is 0 Å². The van der Waals surface area contributed by atoms with Gasteiger partial charge in [0.1, 0.15) is 34.8 Å². The summed E-state index contributed by atoms with van der Waals surface area (Å²) in [5.41, 5.74) is 1.58. The first kappa shape index (κ1) is 20.9. The van der Waals surface area contributed by atoms with E-state index in [1.165, 1.54) is 12.1 Å². The lowest BCUT2D eigenvalue weighted by Gasteiger charge is -2.34. The molecule has 2 heterocycles. The molecule has 1 aromatic heterocycles. The Hall–Kier alpha value is -2.35. The zero-order valence-electron chi connectivity index (χ0n) is 16.9. The van der Waals surface area contributed by atoms with Crippen molar-refractivity contribution in [1.82, 2.24) is 4.90 Å². The number of likely N-dealkylation sites (N-methyl/N-ethyl adjacent to an activating group) is 1. The standard InChI is InChI=1S/C23H24BrNO5/c1-13-9-17(26)22-18(27)10-20(29-12-14-3-5-15(24)6-4-14)21(23(22)30-13)16-7-8-25(2)11-19(16)28/h3-6,9-10,16,19,27-28H,7-8,11-12H2,1-2H3/t16-,19+/m0/s1. The number of hydrogen-bond donors (Lipinski definition) is 2. The molecular formula is C23H24BrNO5. The molecule has 6 nitrogen and oxygen atoms in total. The fraction of sp³-hybridized carbons (Fsp3) is 0.348. The van der Waals surface area contributed by atoms with Crippen molar-refractivity contribution in [3.63, 3.8) is 0 Å². The highest BCUT2D eigenvalue weighted by molar-refractivity contribution is 9.10. The number of β-amino-alcohol motifs (C(OH)–C–C–N with tert-alkyl or cyclic N) is 1. The van der Waals surface area contributed by atoms with Crippen LogP contribution in [0.25, 0.3) is 11.0 Å². The number of aliphatic hydroxyl groups is 1. The Bertz CT molecular complexity index is 1130. The Balaban J connectivity index is 1.83. The number of hydrogen-bond acceptors (Lipinski definition) is 6. The van der Waals surface area contributed by atoms with Crippen molar-refractivity contribution in [2.75, 3.05) is 20.1 Å². The SMILES string of the molecule is Cc1cc(=O)c2c(O)cc(OCc3ccc(Br)cc3)c([C@H]3CCN(C)C[C@H]3O)c2o1. The zero-order chi connectivity index (χ0) is 21.4. The molecule has 2 aromatic carbocycles. The molecule has 4 rings (SSSR count). The average Bonchev–Trinajstić information content (AvgIpc) is 2.68. The van der Waals surface area contributed by atoms with Crippen LogP contribution < -0.4 is 10.2 Å². The molecule has 0 aliphatic carbocycles. The minimum Gasteiger partial charge on any atom is -0.507 e. The molecule has 2 atom stereocenters. The smallest absolute Gasteiger partial charge is 0.196 e. The van der Waals surface area contributed by atoms with Crippen molar-refractivity contribution >= 4 is 26.9 Å². The molecule has 0 amide bonds. The lowest BCUT2D eigenvalue weighted by atomic mass is 9.85. The number of phenolic OH excluding ortho intramolecular Hbond substituents is 1. The maximum absolute atomic E-state index is 12.6. The summed E-state index contributed by atoms with van der Waals surface area (Å²) in [5.74, 6) is 0.413. The van der Waals surface area contributed by atoms with E-state index in [1.807, 2.05) is 31.3 Å². The topological polar surface area (TPSA) is 83.1 Å². The van der Waals surface area contributed by atoms with Gasteiger partial charge in [-0.1, -0.05) is 28.1 Å². The monoisotopic (exact) mass is 473 g/mol. The Kier molecular flexibility index (Phi) is 5.86. The predicted molar refractivity (Wildman–Crippen MR) is 118 cm³/mol. The van der Waals surface area contributed by atoms with Gasteiger partial charge in [-0.3, -0.25) is 4.79 Å². The van der Waals surface area contributed by atoms with Gasteiger partial charge in [-0.25, -0.2) is 0 Å². The van der Waals surface area contributed by atoms with E-state index in [-0.39, 0.29) is 29.1 Å². The molecule has 0 unspecified atom stereocenters. The molecule has 7 heteroatoms. The van der Waals surface area contributed by atoms with Crippen LogP contribution in [0.5, 0.6) is 11.5 Å². The number of halogens is 1. The fourth-order valence-electron chi connectivity index (χ4n) is 4.07. The van der Waals surface area contributed by atoms with Crippen molar-refractivity contribution < 1.29 is 19.4 Å². The van der Waals surface area contributed by atoms with Crippen LogP contribution in [-0.2, 0) is 6.61 Å².